The Labute approximate surface area is 131 Å². The maximum absolute atomic E-state index is 11.6. The Morgan fingerprint density at radius 2 is 2.09 bits per heavy atom. The van der Waals surface area contributed by atoms with E-state index in [2.05, 4.69) is 36.0 Å². The number of aromatic nitrogens is 1. The molecule has 1 aliphatic rings. The number of esters is 1. The van der Waals surface area contributed by atoms with Crippen LogP contribution in [0.25, 0.3) is 0 Å². The van der Waals surface area contributed by atoms with Crippen molar-refractivity contribution in [3.63, 3.8) is 0 Å². The Balaban J connectivity index is 2.12. The van der Waals surface area contributed by atoms with Gasteiger partial charge in [-0.2, -0.15) is 4.98 Å². The second-order valence-electron chi connectivity index (χ2n) is 6.02. The highest BCUT2D eigenvalue weighted by Crippen LogP contribution is 2.24. The first-order valence-electron chi connectivity index (χ1n) is 7.60. The zero-order valence-corrected chi connectivity index (χ0v) is 13.9. The normalized spacial score (nSPS) is 21.9. The molecule has 1 aromatic rings. The molecule has 1 saturated heterocycles. The number of anilines is 1. The van der Waals surface area contributed by atoms with Crippen molar-refractivity contribution in [1.29, 1.82) is 0 Å². The first-order chi connectivity index (χ1) is 10.5. The fourth-order valence-corrected chi connectivity index (χ4v) is 2.75. The molecule has 122 valence electrons. The third kappa shape index (κ3) is 3.50. The molecule has 1 N–H and O–H groups in total. The van der Waals surface area contributed by atoms with Crippen LogP contribution in [0, 0.1) is 5.92 Å². The summed E-state index contributed by atoms with van der Waals surface area (Å²) in [5.41, 5.74) is 0.332. The number of carbonyl (C=O) groups is 1. The van der Waals surface area contributed by atoms with Gasteiger partial charge in [0.05, 0.1) is 14.2 Å². The van der Waals surface area contributed by atoms with Gasteiger partial charge in [-0.05, 0) is 31.9 Å². The molecule has 0 aliphatic carbocycles. The monoisotopic (exact) mass is 307 g/mol. The second-order valence-corrected chi connectivity index (χ2v) is 6.02. The van der Waals surface area contributed by atoms with Crippen LogP contribution >= 0.6 is 0 Å². The molecule has 6 heteroatoms. The van der Waals surface area contributed by atoms with E-state index in [1.807, 2.05) is 0 Å². The molecule has 1 fully saturated rings. The number of ether oxygens (including phenoxy) is 2. The Morgan fingerprint density at radius 1 is 1.36 bits per heavy atom. The molecule has 1 aromatic heterocycles. The molecule has 1 aliphatic heterocycles. The van der Waals surface area contributed by atoms with Crippen LogP contribution in [-0.2, 0) is 4.74 Å². The topological polar surface area (TPSA) is 63.7 Å². The van der Waals surface area contributed by atoms with Crippen molar-refractivity contribution in [2.45, 2.75) is 32.9 Å². The van der Waals surface area contributed by atoms with Gasteiger partial charge in [0.25, 0.3) is 0 Å². The average molecular weight is 307 g/mol. The largest absolute Gasteiger partial charge is 0.480 e. The van der Waals surface area contributed by atoms with Crippen molar-refractivity contribution in [1.82, 2.24) is 9.88 Å². The van der Waals surface area contributed by atoms with Crippen molar-refractivity contribution >= 4 is 11.8 Å². The number of methoxy groups -OCH3 is 2. The number of likely N-dealkylation sites (tertiary alicyclic amines) is 1. The zero-order chi connectivity index (χ0) is 16.3. The van der Waals surface area contributed by atoms with Crippen LogP contribution in [0.2, 0.25) is 0 Å². The summed E-state index contributed by atoms with van der Waals surface area (Å²) < 4.78 is 9.92. The molecule has 2 unspecified atom stereocenters. The number of nitrogens with one attached hydrogen (secondary N) is 1. The number of nitrogens with zero attached hydrogens (tertiary/aromatic N) is 2. The molecular formula is C16H25N3O3. The minimum absolute atomic E-state index is 0.281. The minimum atomic E-state index is -0.448. The van der Waals surface area contributed by atoms with Crippen molar-refractivity contribution in [3.8, 4) is 5.88 Å². The smallest absolute Gasteiger partial charge is 0.343 e. The molecule has 22 heavy (non-hydrogen) atoms. The Kier molecular flexibility index (Phi) is 5.24. The van der Waals surface area contributed by atoms with Crippen molar-refractivity contribution in [2.24, 2.45) is 5.92 Å². The molecule has 2 heterocycles. The van der Waals surface area contributed by atoms with E-state index >= 15 is 0 Å². The molecule has 6 nitrogen and oxygen atoms in total. The summed E-state index contributed by atoms with van der Waals surface area (Å²) in [5.74, 6) is 1.08. The summed E-state index contributed by atoms with van der Waals surface area (Å²) in [6.07, 6.45) is 0. The maximum Gasteiger partial charge on any atom is 0.343 e. The van der Waals surface area contributed by atoms with Crippen molar-refractivity contribution in [3.05, 3.63) is 17.7 Å². The van der Waals surface area contributed by atoms with Gasteiger partial charge in [0.15, 0.2) is 0 Å². The Bertz CT molecular complexity index is 533. The molecule has 0 bridgehead atoms. The van der Waals surface area contributed by atoms with E-state index < -0.39 is 5.97 Å². The van der Waals surface area contributed by atoms with E-state index in [4.69, 9.17) is 9.47 Å². The van der Waals surface area contributed by atoms with E-state index in [-0.39, 0.29) is 5.88 Å². The van der Waals surface area contributed by atoms with Crippen LogP contribution in [-0.4, -0.2) is 55.2 Å². The van der Waals surface area contributed by atoms with Gasteiger partial charge in [-0.1, -0.05) is 6.92 Å². The molecule has 0 aromatic carbocycles. The second kappa shape index (κ2) is 6.96. The van der Waals surface area contributed by atoms with Crippen LogP contribution in [0.15, 0.2) is 12.1 Å². The predicted molar refractivity (Wildman–Crippen MR) is 85.4 cm³/mol. The lowest BCUT2D eigenvalue weighted by Gasteiger charge is -2.20. The highest BCUT2D eigenvalue weighted by atomic mass is 16.5. The van der Waals surface area contributed by atoms with Gasteiger partial charge >= 0.3 is 5.97 Å². The maximum atomic E-state index is 11.6. The number of hydrogen-bond acceptors (Lipinski definition) is 6. The summed E-state index contributed by atoms with van der Waals surface area (Å²) >= 11 is 0. The molecule has 2 atom stereocenters. The standard InChI is InChI=1S/C16H25N3O3/c1-10(2)19-8-11(3)13(9-19)17-14-7-6-12(16(20)22-5)15(18-14)21-4/h6-7,10-11,13H,8-9H2,1-5H3,(H,17,18). The molecule has 0 saturated carbocycles. The SMILES string of the molecule is COC(=O)c1ccc(NC2CN(C(C)C)CC2C)nc1OC. The third-order valence-electron chi connectivity index (χ3n) is 4.16. The first kappa shape index (κ1) is 16.5. The van der Waals surface area contributed by atoms with Crippen LogP contribution in [0.1, 0.15) is 31.1 Å². The fraction of sp³-hybridized carbons (Fsp3) is 0.625. The van der Waals surface area contributed by atoms with Crippen LogP contribution in [0.4, 0.5) is 5.82 Å². The quantitative estimate of drug-likeness (QED) is 0.840. The van der Waals surface area contributed by atoms with Gasteiger partial charge < -0.3 is 14.8 Å². The molecule has 0 radical (unpaired) electrons. The van der Waals surface area contributed by atoms with Gasteiger partial charge in [0.2, 0.25) is 5.88 Å². The summed E-state index contributed by atoms with van der Waals surface area (Å²) in [6, 6.07) is 4.35. The Morgan fingerprint density at radius 3 is 2.64 bits per heavy atom. The van der Waals surface area contributed by atoms with Crippen LogP contribution < -0.4 is 10.1 Å². The van der Waals surface area contributed by atoms with Gasteiger partial charge in [-0.25, -0.2) is 4.79 Å². The van der Waals surface area contributed by atoms with Gasteiger partial charge in [-0.15, -0.1) is 0 Å². The van der Waals surface area contributed by atoms with E-state index in [1.165, 1.54) is 14.2 Å². The van der Waals surface area contributed by atoms with Gasteiger partial charge in [-0.3, -0.25) is 4.90 Å². The van der Waals surface area contributed by atoms with Crippen molar-refractivity contribution in [2.75, 3.05) is 32.6 Å². The van der Waals surface area contributed by atoms with Crippen molar-refractivity contribution < 1.29 is 14.3 Å². The zero-order valence-electron chi connectivity index (χ0n) is 13.9. The lowest BCUT2D eigenvalue weighted by molar-refractivity contribution is 0.0596. The minimum Gasteiger partial charge on any atom is -0.480 e. The summed E-state index contributed by atoms with van der Waals surface area (Å²) in [7, 11) is 2.84. The first-order valence-corrected chi connectivity index (χ1v) is 7.60. The fourth-order valence-electron chi connectivity index (χ4n) is 2.75. The molecule has 2 rings (SSSR count). The third-order valence-corrected chi connectivity index (χ3v) is 4.16. The number of carbonyl (C=O) groups excluding carboxylic acids is 1. The number of pyridine rings is 1. The summed E-state index contributed by atoms with van der Waals surface area (Å²) in [4.78, 5) is 18.5. The number of rotatable bonds is 5. The number of hydrogen-bond donors (Lipinski definition) is 1. The van der Waals surface area contributed by atoms with E-state index in [0.29, 0.717) is 29.4 Å². The summed E-state index contributed by atoms with van der Waals surface area (Å²) in [6.45, 7) is 8.72. The van der Waals surface area contributed by atoms with Gasteiger partial charge in [0.1, 0.15) is 11.4 Å². The van der Waals surface area contributed by atoms with Crippen LogP contribution in [0.3, 0.4) is 0 Å². The summed E-state index contributed by atoms with van der Waals surface area (Å²) in [5, 5.41) is 3.45. The lowest BCUT2D eigenvalue weighted by atomic mass is 10.1. The van der Waals surface area contributed by atoms with Crippen LogP contribution in [0.5, 0.6) is 5.88 Å². The highest BCUT2D eigenvalue weighted by molar-refractivity contribution is 5.92. The molecular weight excluding hydrogens is 282 g/mol. The molecule has 0 amide bonds. The molecule has 0 spiro atoms. The Hall–Kier alpha value is -1.82. The van der Waals surface area contributed by atoms with E-state index in [9.17, 15) is 4.79 Å². The van der Waals surface area contributed by atoms with E-state index in [0.717, 1.165) is 13.1 Å². The van der Waals surface area contributed by atoms with Gasteiger partial charge in [0, 0.05) is 25.2 Å². The lowest BCUT2D eigenvalue weighted by Crippen LogP contribution is -2.31. The highest BCUT2D eigenvalue weighted by Gasteiger charge is 2.31. The average Bonchev–Trinajstić information content (AvgIpc) is 2.87. The van der Waals surface area contributed by atoms with E-state index in [1.54, 1.807) is 12.1 Å². The predicted octanol–water partition coefficient (Wildman–Crippen LogP) is 2.02.